The molecule has 2 rings (SSSR count). The Labute approximate surface area is 108 Å². The number of thiophene rings is 1. The first kappa shape index (κ1) is 12.8. The van der Waals surface area contributed by atoms with Gasteiger partial charge in [-0.05, 0) is 37.3 Å². The molecule has 0 radical (unpaired) electrons. The third-order valence-electron chi connectivity index (χ3n) is 3.96. The number of Topliss-reactive ketones (excluding diaryl/α,β-unsaturated/α-hetero) is 1. The van der Waals surface area contributed by atoms with E-state index in [4.69, 9.17) is 0 Å². The van der Waals surface area contributed by atoms with Crippen LogP contribution in [0, 0.1) is 5.41 Å². The maximum absolute atomic E-state index is 11.6. The maximum atomic E-state index is 11.6. The average molecular weight is 251 g/mol. The van der Waals surface area contributed by atoms with Crippen molar-refractivity contribution in [1.82, 2.24) is 4.90 Å². The van der Waals surface area contributed by atoms with Gasteiger partial charge in [0, 0.05) is 29.4 Å². The summed E-state index contributed by atoms with van der Waals surface area (Å²) < 4.78 is 0. The lowest BCUT2D eigenvalue weighted by Gasteiger charge is -2.38. The van der Waals surface area contributed by atoms with E-state index in [1.165, 1.54) is 10.4 Å². The minimum absolute atomic E-state index is 0.234. The normalized spacial score (nSPS) is 21.3. The van der Waals surface area contributed by atoms with E-state index >= 15 is 0 Å². The lowest BCUT2D eigenvalue weighted by Crippen LogP contribution is -2.42. The molecule has 2 heterocycles. The van der Waals surface area contributed by atoms with Crippen LogP contribution in [-0.4, -0.2) is 23.8 Å². The first-order valence-electron chi connectivity index (χ1n) is 6.23. The number of hydrogen-bond acceptors (Lipinski definition) is 3. The SMILES string of the molecule is CC(=O)C(C)(C)CN1CCc2sccc2C1C. The molecule has 0 bridgehead atoms. The second-order valence-electron chi connectivity index (χ2n) is 5.64. The second-order valence-corrected chi connectivity index (χ2v) is 6.64. The van der Waals surface area contributed by atoms with Crippen LogP contribution in [-0.2, 0) is 11.2 Å². The minimum atomic E-state index is -0.234. The molecule has 94 valence electrons. The van der Waals surface area contributed by atoms with E-state index in [0.717, 1.165) is 19.5 Å². The van der Waals surface area contributed by atoms with Crippen molar-refractivity contribution < 1.29 is 4.79 Å². The fourth-order valence-corrected chi connectivity index (χ4v) is 3.36. The predicted octanol–water partition coefficient (Wildman–Crippen LogP) is 3.28. The number of rotatable bonds is 3. The smallest absolute Gasteiger partial charge is 0.136 e. The second kappa shape index (κ2) is 4.54. The van der Waals surface area contributed by atoms with Crippen LogP contribution >= 0.6 is 11.3 Å². The van der Waals surface area contributed by atoms with Gasteiger partial charge in [0.05, 0.1) is 0 Å². The monoisotopic (exact) mass is 251 g/mol. The molecule has 0 saturated heterocycles. The molecule has 0 spiro atoms. The first-order chi connectivity index (χ1) is 7.92. The zero-order valence-corrected chi connectivity index (χ0v) is 11.9. The minimum Gasteiger partial charge on any atom is -0.299 e. The van der Waals surface area contributed by atoms with Crippen molar-refractivity contribution in [3.8, 4) is 0 Å². The van der Waals surface area contributed by atoms with Gasteiger partial charge in [0.2, 0.25) is 0 Å². The lowest BCUT2D eigenvalue weighted by atomic mass is 9.86. The molecule has 1 atom stereocenters. The molecule has 3 heteroatoms. The van der Waals surface area contributed by atoms with Crippen LogP contribution in [0.5, 0.6) is 0 Å². The highest BCUT2D eigenvalue weighted by atomic mass is 32.1. The summed E-state index contributed by atoms with van der Waals surface area (Å²) in [4.78, 5) is 15.6. The molecular formula is C14H21NOS. The molecule has 2 nitrogen and oxygen atoms in total. The summed E-state index contributed by atoms with van der Waals surface area (Å²) >= 11 is 1.86. The van der Waals surface area contributed by atoms with Gasteiger partial charge in [0.25, 0.3) is 0 Å². The average Bonchev–Trinajstić information content (AvgIpc) is 2.70. The summed E-state index contributed by atoms with van der Waals surface area (Å²) in [5, 5.41) is 2.18. The van der Waals surface area contributed by atoms with Crippen molar-refractivity contribution in [3.63, 3.8) is 0 Å². The summed E-state index contributed by atoms with van der Waals surface area (Å²) in [5.74, 6) is 0.279. The number of nitrogens with zero attached hydrogens (tertiary/aromatic N) is 1. The Morgan fingerprint density at radius 3 is 2.94 bits per heavy atom. The van der Waals surface area contributed by atoms with E-state index in [9.17, 15) is 4.79 Å². The summed E-state index contributed by atoms with van der Waals surface area (Å²) in [6.07, 6.45) is 1.13. The Hall–Kier alpha value is -0.670. The molecule has 1 aliphatic rings. The number of carbonyl (C=O) groups excluding carboxylic acids is 1. The van der Waals surface area contributed by atoms with Crippen molar-refractivity contribution in [3.05, 3.63) is 21.9 Å². The molecule has 1 unspecified atom stereocenters. The number of hydrogen-bond donors (Lipinski definition) is 0. The van der Waals surface area contributed by atoms with Crippen molar-refractivity contribution in [2.24, 2.45) is 5.41 Å². The van der Waals surface area contributed by atoms with Crippen molar-refractivity contribution in [2.75, 3.05) is 13.1 Å². The summed E-state index contributed by atoms with van der Waals surface area (Å²) in [5.41, 5.74) is 1.22. The first-order valence-corrected chi connectivity index (χ1v) is 7.11. The molecule has 1 aromatic rings. The van der Waals surface area contributed by atoms with Crippen molar-refractivity contribution in [1.29, 1.82) is 0 Å². The van der Waals surface area contributed by atoms with Crippen molar-refractivity contribution >= 4 is 17.1 Å². The summed E-state index contributed by atoms with van der Waals surface area (Å²) in [7, 11) is 0. The van der Waals surface area contributed by atoms with E-state index in [2.05, 4.69) is 23.3 Å². The molecule has 0 saturated carbocycles. The Morgan fingerprint density at radius 2 is 2.29 bits per heavy atom. The van der Waals surface area contributed by atoms with E-state index in [0.29, 0.717) is 6.04 Å². The van der Waals surface area contributed by atoms with Gasteiger partial charge in [0.1, 0.15) is 5.78 Å². The van der Waals surface area contributed by atoms with Gasteiger partial charge in [-0.15, -0.1) is 11.3 Å². The summed E-state index contributed by atoms with van der Waals surface area (Å²) in [6.45, 7) is 9.98. The molecule has 1 aliphatic heterocycles. The summed E-state index contributed by atoms with van der Waals surface area (Å²) in [6, 6.07) is 2.68. The fourth-order valence-electron chi connectivity index (χ4n) is 2.40. The highest BCUT2D eigenvalue weighted by Gasteiger charge is 2.32. The van der Waals surface area contributed by atoms with Gasteiger partial charge in [-0.3, -0.25) is 9.69 Å². The zero-order chi connectivity index (χ0) is 12.6. The standard InChI is InChI=1S/C14H21NOS/c1-10-12-6-8-17-13(12)5-7-15(10)9-14(3,4)11(2)16/h6,8,10H,5,7,9H2,1-4H3. The van der Waals surface area contributed by atoms with Crippen LogP contribution in [0.15, 0.2) is 11.4 Å². The van der Waals surface area contributed by atoms with Crippen LogP contribution < -0.4 is 0 Å². The Balaban J connectivity index is 2.13. The molecule has 0 fully saturated rings. The molecule has 0 aliphatic carbocycles. The van der Waals surface area contributed by atoms with Crippen LogP contribution in [0.3, 0.4) is 0 Å². The van der Waals surface area contributed by atoms with E-state index < -0.39 is 0 Å². The zero-order valence-electron chi connectivity index (χ0n) is 11.1. The van der Waals surface area contributed by atoms with Crippen LogP contribution in [0.2, 0.25) is 0 Å². The van der Waals surface area contributed by atoms with Gasteiger partial charge < -0.3 is 0 Å². The molecule has 0 aromatic carbocycles. The van der Waals surface area contributed by atoms with Crippen molar-refractivity contribution in [2.45, 2.75) is 40.2 Å². The Kier molecular flexibility index (Phi) is 3.41. The quantitative estimate of drug-likeness (QED) is 0.821. The Bertz CT molecular complexity index is 422. The van der Waals surface area contributed by atoms with E-state index in [1.54, 1.807) is 6.92 Å². The van der Waals surface area contributed by atoms with E-state index in [-0.39, 0.29) is 11.2 Å². The van der Waals surface area contributed by atoms with Gasteiger partial charge in [0.15, 0.2) is 0 Å². The Morgan fingerprint density at radius 1 is 1.59 bits per heavy atom. The van der Waals surface area contributed by atoms with Gasteiger partial charge >= 0.3 is 0 Å². The van der Waals surface area contributed by atoms with Crippen LogP contribution in [0.1, 0.15) is 44.2 Å². The highest BCUT2D eigenvalue weighted by molar-refractivity contribution is 7.10. The van der Waals surface area contributed by atoms with Gasteiger partial charge in [-0.1, -0.05) is 13.8 Å². The topological polar surface area (TPSA) is 20.3 Å². The van der Waals surface area contributed by atoms with Gasteiger partial charge in [-0.25, -0.2) is 0 Å². The molecule has 17 heavy (non-hydrogen) atoms. The van der Waals surface area contributed by atoms with Crippen LogP contribution in [0.25, 0.3) is 0 Å². The molecule has 0 amide bonds. The lowest BCUT2D eigenvalue weighted by molar-refractivity contribution is -0.126. The van der Waals surface area contributed by atoms with Crippen LogP contribution in [0.4, 0.5) is 0 Å². The number of carbonyl (C=O) groups is 1. The third-order valence-corrected chi connectivity index (χ3v) is 4.95. The fraction of sp³-hybridized carbons (Fsp3) is 0.643. The van der Waals surface area contributed by atoms with E-state index in [1.807, 2.05) is 25.2 Å². The maximum Gasteiger partial charge on any atom is 0.136 e. The predicted molar refractivity (Wildman–Crippen MR) is 72.5 cm³/mol. The molecule has 0 N–H and O–H groups in total. The number of fused-ring (bicyclic) bond motifs is 1. The third kappa shape index (κ3) is 2.45. The highest BCUT2D eigenvalue weighted by Crippen LogP contribution is 2.34. The largest absolute Gasteiger partial charge is 0.299 e. The molecular weight excluding hydrogens is 230 g/mol. The van der Waals surface area contributed by atoms with Gasteiger partial charge in [-0.2, -0.15) is 0 Å². The molecule has 1 aromatic heterocycles. The number of ketones is 1.